The molecule has 1 amide bonds. The number of ether oxygens (including phenoxy) is 1. The number of hydrogen-bond acceptors (Lipinski definition) is 6. The van der Waals surface area contributed by atoms with E-state index in [9.17, 15) is 14.7 Å². The van der Waals surface area contributed by atoms with Crippen LogP contribution >= 0.6 is 37.2 Å². The summed E-state index contributed by atoms with van der Waals surface area (Å²) in [7, 11) is 2.09. The molecule has 3 aliphatic rings. The molecule has 1 unspecified atom stereocenters. The Morgan fingerprint density at radius 3 is 2.25 bits per heavy atom. The van der Waals surface area contributed by atoms with Crippen LogP contribution in [-0.2, 0) is 14.3 Å². The topological polar surface area (TPSA) is 135 Å². The molecule has 212 valence electrons. The van der Waals surface area contributed by atoms with Crippen molar-refractivity contribution in [3.05, 3.63) is 0 Å². The molecule has 0 saturated carbocycles. The number of rotatable bonds is 9. The van der Waals surface area contributed by atoms with Gasteiger partial charge in [0.2, 0.25) is 5.91 Å². The summed E-state index contributed by atoms with van der Waals surface area (Å²) < 4.78 is 6.11. The van der Waals surface area contributed by atoms with Gasteiger partial charge in [0.05, 0.1) is 18.6 Å². The summed E-state index contributed by atoms with van der Waals surface area (Å²) in [6.07, 6.45) is 7.30. The van der Waals surface area contributed by atoms with Crippen molar-refractivity contribution < 1.29 is 19.4 Å². The standard InChI is InChI=1S/C23H42N6O4.3ClH/c1-27-11-5-17(6-12-27)26-20(16-21(30)31)22(32)29-10-3-2-4-18(29)9-15-33-19-7-13-28(14-8-19)23(24)25;;;/h17-20,26H,2-16H2,1H3,(H3,24,25)(H,30,31);3*1H/t18?,20-;;;/m0.../s1. The van der Waals surface area contributed by atoms with Crippen LogP contribution in [0, 0.1) is 5.41 Å². The Labute approximate surface area is 233 Å². The smallest absolute Gasteiger partial charge is 0.305 e. The Kier molecular flexibility index (Phi) is 17.0. The van der Waals surface area contributed by atoms with E-state index in [2.05, 4.69) is 17.3 Å². The van der Waals surface area contributed by atoms with Gasteiger partial charge < -0.3 is 35.6 Å². The lowest BCUT2D eigenvalue weighted by Gasteiger charge is -2.39. The third kappa shape index (κ3) is 10.8. The van der Waals surface area contributed by atoms with Crippen LogP contribution in [0.5, 0.6) is 0 Å². The molecule has 10 nitrogen and oxygen atoms in total. The highest BCUT2D eigenvalue weighted by molar-refractivity contribution is 5.86. The Morgan fingerprint density at radius 2 is 1.67 bits per heavy atom. The molecule has 3 aliphatic heterocycles. The normalized spacial score (nSPS) is 22.5. The van der Waals surface area contributed by atoms with Crippen LogP contribution < -0.4 is 11.1 Å². The fourth-order valence-electron chi connectivity index (χ4n) is 5.28. The number of nitrogens with zero attached hydrogens (tertiary/aromatic N) is 3. The molecule has 5 N–H and O–H groups in total. The third-order valence-electron chi connectivity index (χ3n) is 7.33. The first-order valence-electron chi connectivity index (χ1n) is 12.5. The van der Waals surface area contributed by atoms with Gasteiger partial charge >= 0.3 is 5.97 Å². The highest BCUT2D eigenvalue weighted by Crippen LogP contribution is 2.23. The fourth-order valence-corrected chi connectivity index (χ4v) is 5.28. The number of carbonyl (C=O) groups is 2. The van der Waals surface area contributed by atoms with Gasteiger partial charge in [0.25, 0.3) is 0 Å². The van der Waals surface area contributed by atoms with Crippen molar-refractivity contribution in [2.45, 2.75) is 82.0 Å². The number of carbonyl (C=O) groups excluding carboxylic acids is 1. The number of nitrogens with two attached hydrogens (primary N) is 1. The lowest BCUT2D eigenvalue weighted by Crippen LogP contribution is -2.56. The molecular formula is C23H45Cl3N6O4. The SMILES string of the molecule is CN1CCC(N[C@@H](CC(=O)O)C(=O)N2CCCCC2CCOC2CCN(C(=N)N)CC2)CC1.Cl.Cl.Cl. The number of carboxylic acids is 1. The average Bonchev–Trinajstić information content (AvgIpc) is 2.80. The van der Waals surface area contributed by atoms with Gasteiger partial charge in [0.15, 0.2) is 5.96 Å². The summed E-state index contributed by atoms with van der Waals surface area (Å²) in [6, 6.07) is -0.394. The number of aliphatic carboxylic acids is 1. The van der Waals surface area contributed by atoms with Gasteiger partial charge in [-0.3, -0.25) is 15.0 Å². The highest BCUT2D eigenvalue weighted by Gasteiger charge is 2.34. The van der Waals surface area contributed by atoms with Crippen LogP contribution in [0.15, 0.2) is 0 Å². The van der Waals surface area contributed by atoms with E-state index in [1.807, 2.05) is 9.80 Å². The molecule has 0 radical (unpaired) electrons. The van der Waals surface area contributed by atoms with Gasteiger partial charge in [-0.2, -0.15) is 0 Å². The number of guanidine groups is 1. The van der Waals surface area contributed by atoms with Gasteiger partial charge in [0, 0.05) is 38.3 Å². The van der Waals surface area contributed by atoms with Gasteiger partial charge in [-0.1, -0.05) is 0 Å². The van der Waals surface area contributed by atoms with Crippen molar-refractivity contribution in [3.63, 3.8) is 0 Å². The molecule has 0 aliphatic carbocycles. The summed E-state index contributed by atoms with van der Waals surface area (Å²) >= 11 is 0. The first-order valence-corrected chi connectivity index (χ1v) is 12.5. The number of amides is 1. The quantitative estimate of drug-likeness (QED) is 0.242. The van der Waals surface area contributed by atoms with E-state index >= 15 is 0 Å². The van der Waals surface area contributed by atoms with E-state index in [4.69, 9.17) is 15.9 Å². The summed E-state index contributed by atoms with van der Waals surface area (Å²) in [4.78, 5) is 31.0. The Morgan fingerprint density at radius 1 is 1.03 bits per heavy atom. The molecule has 3 fully saturated rings. The molecule has 0 aromatic carbocycles. The minimum absolute atomic E-state index is 0. The zero-order valence-corrected chi connectivity index (χ0v) is 23.7. The van der Waals surface area contributed by atoms with Crippen LogP contribution in [0.2, 0.25) is 0 Å². The highest BCUT2D eigenvalue weighted by atomic mass is 35.5. The number of carboxylic acid groups (broad SMARTS) is 1. The van der Waals surface area contributed by atoms with Crippen LogP contribution in [0.1, 0.15) is 57.8 Å². The molecule has 0 spiro atoms. The van der Waals surface area contributed by atoms with Gasteiger partial charge in [0.1, 0.15) is 0 Å². The number of piperidine rings is 3. The average molecular weight is 576 g/mol. The van der Waals surface area contributed by atoms with Gasteiger partial charge in [-0.05, 0) is 71.5 Å². The van der Waals surface area contributed by atoms with Crippen molar-refractivity contribution in [1.29, 1.82) is 5.41 Å². The largest absolute Gasteiger partial charge is 0.481 e. The minimum Gasteiger partial charge on any atom is -0.481 e. The number of nitrogens with one attached hydrogen (secondary N) is 2. The number of likely N-dealkylation sites (tertiary alicyclic amines) is 3. The summed E-state index contributed by atoms with van der Waals surface area (Å²) in [5, 5.41) is 20.4. The fraction of sp³-hybridized carbons (Fsp3) is 0.870. The van der Waals surface area contributed by atoms with E-state index in [-0.39, 0.29) is 73.7 Å². The molecule has 0 aromatic heterocycles. The molecule has 3 rings (SSSR count). The second-order valence-electron chi connectivity index (χ2n) is 9.81. The van der Waals surface area contributed by atoms with Crippen molar-refractivity contribution in [2.75, 3.05) is 46.4 Å². The van der Waals surface area contributed by atoms with Crippen LogP contribution in [0.3, 0.4) is 0 Å². The predicted octanol–water partition coefficient (Wildman–Crippen LogP) is 1.92. The number of hydrogen-bond donors (Lipinski definition) is 4. The second kappa shape index (κ2) is 17.5. The Hall–Kier alpha value is -1.04. The Balaban J connectivity index is 0.00000408. The van der Waals surface area contributed by atoms with Crippen molar-refractivity contribution >= 4 is 55.1 Å². The van der Waals surface area contributed by atoms with E-state index in [0.717, 1.165) is 77.5 Å². The first kappa shape index (κ1) is 35.0. The summed E-state index contributed by atoms with van der Waals surface area (Å²) in [5.74, 6) is -0.895. The van der Waals surface area contributed by atoms with Crippen molar-refractivity contribution in [2.24, 2.45) is 5.73 Å². The minimum atomic E-state index is -0.942. The monoisotopic (exact) mass is 574 g/mol. The maximum Gasteiger partial charge on any atom is 0.305 e. The number of halogens is 3. The van der Waals surface area contributed by atoms with Crippen molar-refractivity contribution in [3.8, 4) is 0 Å². The van der Waals surface area contributed by atoms with Crippen molar-refractivity contribution in [1.82, 2.24) is 20.0 Å². The van der Waals surface area contributed by atoms with Crippen LogP contribution in [-0.4, -0.2) is 108 Å². The van der Waals surface area contributed by atoms with E-state index in [0.29, 0.717) is 13.2 Å². The molecule has 0 bridgehead atoms. The zero-order chi connectivity index (χ0) is 23.8. The maximum absolute atomic E-state index is 13.5. The van der Waals surface area contributed by atoms with Gasteiger partial charge in [-0.15, -0.1) is 37.2 Å². The Bertz CT molecular complexity index is 676. The predicted molar refractivity (Wildman–Crippen MR) is 148 cm³/mol. The summed E-state index contributed by atoms with van der Waals surface area (Å²) in [5.41, 5.74) is 5.56. The van der Waals surface area contributed by atoms with Crippen LogP contribution in [0.4, 0.5) is 0 Å². The molecule has 3 saturated heterocycles. The molecule has 2 atom stereocenters. The molecular weight excluding hydrogens is 531 g/mol. The second-order valence-corrected chi connectivity index (χ2v) is 9.81. The molecule has 3 heterocycles. The first-order chi connectivity index (χ1) is 15.8. The van der Waals surface area contributed by atoms with E-state index in [1.54, 1.807) is 0 Å². The zero-order valence-electron chi connectivity index (χ0n) is 21.2. The lowest BCUT2D eigenvalue weighted by molar-refractivity contribution is -0.145. The molecule has 0 aromatic rings. The maximum atomic E-state index is 13.5. The summed E-state index contributed by atoms with van der Waals surface area (Å²) in [6.45, 7) is 4.68. The van der Waals surface area contributed by atoms with E-state index < -0.39 is 12.0 Å². The lowest BCUT2D eigenvalue weighted by atomic mass is 9.97. The van der Waals surface area contributed by atoms with Gasteiger partial charge in [-0.25, -0.2) is 0 Å². The third-order valence-corrected chi connectivity index (χ3v) is 7.33. The molecule has 36 heavy (non-hydrogen) atoms. The van der Waals surface area contributed by atoms with Crippen LogP contribution in [0.25, 0.3) is 0 Å². The van der Waals surface area contributed by atoms with E-state index in [1.165, 1.54) is 0 Å². The molecule has 13 heteroatoms.